The van der Waals surface area contributed by atoms with Gasteiger partial charge in [0.15, 0.2) is 0 Å². The largest absolute Gasteiger partial charge is 0.342 e. The number of hydrogen-bond acceptors (Lipinski definition) is 3. The van der Waals surface area contributed by atoms with E-state index in [0.29, 0.717) is 12.2 Å². The summed E-state index contributed by atoms with van der Waals surface area (Å²) in [6.45, 7) is 9.67. The van der Waals surface area contributed by atoms with Gasteiger partial charge in [0.05, 0.1) is 0 Å². The summed E-state index contributed by atoms with van der Waals surface area (Å²) in [5.41, 5.74) is 5.27. The average Bonchev–Trinajstić information content (AvgIpc) is 2.42. The van der Waals surface area contributed by atoms with Gasteiger partial charge in [-0.1, -0.05) is 24.8 Å². The van der Waals surface area contributed by atoms with Crippen LogP contribution < -0.4 is 10.6 Å². The van der Waals surface area contributed by atoms with E-state index in [2.05, 4.69) is 36.3 Å². The molecule has 0 fully saturated rings. The predicted octanol–water partition coefficient (Wildman–Crippen LogP) is 4.43. The van der Waals surface area contributed by atoms with Gasteiger partial charge in [0.25, 0.3) is 0 Å². The van der Waals surface area contributed by atoms with Crippen LogP contribution in [0, 0.1) is 13.8 Å². The summed E-state index contributed by atoms with van der Waals surface area (Å²) < 4.78 is 0. The van der Waals surface area contributed by atoms with Gasteiger partial charge >= 0.3 is 0 Å². The molecule has 114 valence electrons. The zero-order valence-electron chi connectivity index (χ0n) is 13.4. The first-order valence-electron chi connectivity index (χ1n) is 7.32. The Morgan fingerprint density at radius 3 is 2.36 bits per heavy atom. The average molecular weight is 294 g/mol. The van der Waals surface area contributed by atoms with Gasteiger partial charge in [-0.2, -0.15) is 0 Å². The molecule has 0 aromatic heterocycles. The normalized spacial score (nSPS) is 10.1. The maximum Gasteiger partial charge on any atom is 0.134 e. The molecule has 22 heavy (non-hydrogen) atoms. The van der Waals surface area contributed by atoms with E-state index in [9.17, 15) is 4.79 Å². The number of carbonyl (C=O) groups excluding carboxylic acids is 1. The summed E-state index contributed by atoms with van der Waals surface area (Å²) >= 11 is 0. The van der Waals surface area contributed by atoms with Crippen molar-refractivity contribution in [1.29, 1.82) is 0 Å². The van der Waals surface area contributed by atoms with Crippen molar-refractivity contribution < 1.29 is 4.79 Å². The Morgan fingerprint density at radius 1 is 1.05 bits per heavy atom. The molecule has 0 atom stereocenters. The number of benzene rings is 2. The molecule has 2 N–H and O–H groups in total. The molecule has 0 unspecified atom stereocenters. The molecule has 0 aliphatic rings. The third-order valence-corrected chi connectivity index (χ3v) is 3.40. The van der Waals surface area contributed by atoms with Crippen LogP contribution >= 0.6 is 0 Å². The lowest BCUT2D eigenvalue weighted by molar-refractivity contribution is -0.116. The molecule has 0 bridgehead atoms. The maximum absolute atomic E-state index is 11.3. The number of carbonyl (C=O) groups is 1. The minimum absolute atomic E-state index is 0.164. The smallest absolute Gasteiger partial charge is 0.134 e. The molecule has 2 aromatic rings. The summed E-state index contributed by atoms with van der Waals surface area (Å²) in [6.07, 6.45) is 0.457. The Morgan fingerprint density at radius 2 is 1.73 bits per heavy atom. The SMILES string of the molecule is C=C(Nc1cccc(C)c1)Nc1ccc(C)c(CC(C)=O)c1. The number of rotatable bonds is 6. The van der Waals surface area contributed by atoms with E-state index in [-0.39, 0.29) is 5.78 Å². The molecule has 2 aromatic carbocycles. The molecule has 0 saturated heterocycles. The molecule has 0 aliphatic heterocycles. The van der Waals surface area contributed by atoms with Crippen LogP contribution in [0.2, 0.25) is 0 Å². The number of hydrogen-bond donors (Lipinski definition) is 2. The minimum atomic E-state index is 0.164. The molecular weight excluding hydrogens is 272 g/mol. The molecule has 3 heteroatoms. The summed E-state index contributed by atoms with van der Waals surface area (Å²) in [4.78, 5) is 11.3. The number of anilines is 2. The Balaban J connectivity index is 2.06. The van der Waals surface area contributed by atoms with E-state index in [1.54, 1.807) is 6.92 Å². The van der Waals surface area contributed by atoms with Gasteiger partial charge < -0.3 is 10.6 Å². The fraction of sp³-hybridized carbons (Fsp3) is 0.211. The maximum atomic E-state index is 11.3. The number of nitrogens with one attached hydrogen (secondary N) is 2. The van der Waals surface area contributed by atoms with E-state index in [0.717, 1.165) is 22.5 Å². The van der Waals surface area contributed by atoms with Crippen molar-refractivity contribution in [2.75, 3.05) is 10.6 Å². The Labute approximate surface area is 132 Å². The highest BCUT2D eigenvalue weighted by molar-refractivity contribution is 5.79. The van der Waals surface area contributed by atoms with Crippen LogP contribution in [0.4, 0.5) is 11.4 Å². The quantitative estimate of drug-likeness (QED) is 0.828. The molecule has 0 aliphatic carbocycles. The first-order chi connectivity index (χ1) is 10.4. The van der Waals surface area contributed by atoms with Crippen LogP contribution in [-0.2, 0) is 11.2 Å². The number of ketones is 1. The monoisotopic (exact) mass is 294 g/mol. The van der Waals surface area contributed by atoms with Crippen molar-refractivity contribution in [3.8, 4) is 0 Å². The molecule has 0 saturated carbocycles. The fourth-order valence-electron chi connectivity index (χ4n) is 2.31. The van der Waals surface area contributed by atoms with Crippen LogP contribution in [0.15, 0.2) is 54.9 Å². The first kappa shape index (κ1) is 15.8. The third kappa shape index (κ3) is 4.48. The molecule has 2 rings (SSSR count). The van der Waals surface area contributed by atoms with Crippen molar-refractivity contribution in [2.45, 2.75) is 27.2 Å². The fourth-order valence-corrected chi connectivity index (χ4v) is 2.31. The lowest BCUT2D eigenvalue weighted by Gasteiger charge is -2.14. The van der Waals surface area contributed by atoms with E-state index >= 15 is 0 Å². The van der Waals surface area contributed by atoms with Crippen LogP contribution in [0.25, 0.3) is 0 Å². The minimum Gasteiger partial charge on any atom is -0.342 e. The second kappa shape index (κ2) is 6.94. The van der Waals surface area contributed by atoms with Crippen LogP contribution in [0.1, 0.15) is 23.6 Å². The van der Waals surface area contributed by atoms with Crippen LogP contribution in [0.3, 0.4) is 0 Å². The Bertz CT molecular complexity index is 704. The van der Waals surface area contributed by atoms with Gasteiger partial charge in [-0.3, -0.25) is 4.79 Å². The van der Waals surface area contributed by atoms with Crippen molar-refractivity contribution in [3.63, 3.8) is 0 Å². The summed E-state index contributed by atoms with van der Waals surface area (Å²) in [5.74, 6) is 0.861. The van der Waals surface area contributed by atoms with Crippen LogP contribution in [0.5, 0.6) is 0 Å². The molecular formula is C19H22N2O. The summed E-state index contributed by atoms with van der Waals surface area (Å²) in [5, 5.41) is 6.47. The number of aryl methyl sites for hydroxylation is 2. The number of Topliss-reactive ketones (excluding diaryl/α,β-unsaturated/α-hetero) is 1. The van der Waals surface area contributed by atoms with E-state index < -0.39 is 0 Å². The van der Waals surface area contributed by atoms with Crippen molar-refractivity contribution in [1.82, 2.24) is 0 Å². The van der Waals surface area contributed by atoms with E-state index in [4.69, 9.17) is 0 Å². The third-order valence-electron chi connectivity index (χ3n) is 3.40. The van der Waals surface area contributed by atoms with Gasteiger partial charge in [-0.15, -0.1) is 0 Å². The van der Waals surface area contributed by atoms with E-state index in [1.807, 2.05) is 37.3 Å². The predicted molar refractivity (Wildman–Crippen MR) is 93.1 cm³/mol. The highest BCUT2D eigenvalue weighted by Crippen LogP contribution is 2.18. The zero-order chi connectivity index (χ0) is 16.1. The van der Waals surface area contributed by atoms with Crippen molar-refractivity contribution in [2.24, 2.45) is 0 Å². The molecule has 0 radical (unpaired) electrons. The second-order valence-corrected chi connectivity index (χ2v) is 5.62. The second-order valence-electron chi connectivity index (χ2n) is 5.62. The molecule has 0 spiro atoms. The lowest BCUT2D eigenvalue weighted by Crippen LogP contribution is -2.09. The van der Waals surface area contributed by atoms with Crippen molar-refractivity contribution >= 4 is 17.2 Å². The van der Waals surface area contributed by atoms with Gasteiger partial charge in [-0.25, -0.2) is 0 Å². The van der Waals surface area contributed by atoms with Crippen LogP contribution in [-0.4, -0.2) is 5.78 Å². The summed E-state index contributed by atoms with van der Waals surface area (Å²) in [7, 11) is 0. The van der Waals surface area contributed by atoms with E-state index in [1.165, 1.54) is 5.56 Å². The molecule has 0 heterocycles. The standard InChI is InChI=1S/C19H22N2O/c1-13-6-5-7-18(10-13)20-16(4)21-19-9-8-14(2)17(12-19)11-15(3)22/h5-10,12,20-21H,4,11H2,1-3H3. The van der Waals surface area contributed by atoms with Gasteiger partial charge in [0.1, 0.15) is 11.6 Å². The topological polar surface area (TPSA) is 41.1 Å². The van der Waals surface area contributed by atoms with Gasteiger partial charge in [0, 0.05) is 17.8 Å². The highest BCUT2D eigenvalue weighted by Gasteiger charge is 2.04. The van der Waals surface area contributed by atoms with Gasteiger partial charge in [-0.05, 0) is 61.7 Å². The van der Waals surface area contributed by atoms with Crippen molar-refractivity contribution in [3.05, 3.63) is 71.6 Å². The highest BCUT2D eigenvalue weighted by atomic mass is 16.1. The van der Waals surface area contributed by atoms with Gasteiger partial charge in [0.2, 0.25) is 0 Å². The first-order valence-corrected chi connectivity index (χ1v) is 7.32. The zero-order valence-corrected chi connectivity index (χ0v) is 13.4. The Hall–Kier alpha value is -2.55. The summed E-state index contributed by atoms with van der Waals surface area (Å²) in [6, 6.07) is 14.1. The molecule has 3 nitrogen and oxygen atoms in total. The Kier molecular flexibility index (Phi) is 4.99. The molecule has 0 amide bonds. The lowest BCUT2D eigenvalue weighted by atomic mass is 10.0.